The van der Waals surface area contributed by atoms with Gasteiger partial charge in [-0.3, -0.25) is 0 Å². The number of halogens is 2. The van der Waals surface area contributed by atoms with Crippen LogP contribution in [-0.2, 0) is 15.4 Å². The van der Waals surface area contributed by atoms with Crippen molar-refractivity contribution in [3.05, 3.63) is 34.9 Å². The van der Waals surface area contributed by atoms with Crippen molar-refractivity contribution in [2.24, 2.45) is 0 Å². The average Bonchev–Trinajstić information content (AvgIpc) is 2.36. The molecule has 2 saturated heterocycles. The van der Waals surface area contributed by atoms with Crippen molar-refractivity contribution >= 4 is 9.84 Å². The molecule has 2 fully saturated rings. The van der Waals surface area contributed by atoms with Crippen molar-refractivity contribution in [2.45, 2.75) is 55.1 Å². The van der Waals surface area contributed by atoms with E-state index in [1.165, 1.54) is 13.0 Å². The predicted octanol–water partition coefficient (Wildman–Crippen LogP) is 2.59. The first kappa shape index (κ1) is 14.9. The monoisotopic (exact) mass is 316 g/mol. The second kappa shape index (κ2) is 4.74. The van der Waals surface area contributed by atoms with Crippen molar-refractivity contribution < 1.29 is 22.3 Å². The molecule has 2 heterocycles. The second-order valence-electron chi connectivity index (χ2n) is 6.29. The minimum Gasteiger partial charge on any atom is -0.385 e. The van der Waals surface area contributed by atoms with Crippen molar-refractivity contribution in [3.63, 3.8) is 0 Å². The molecule has 0 saturated carbocycles. The van der Waals surface area contributed by atoms with Crippen LogP contribution in [0.4, 0.5) is 8.78 Å². The summed E-state index contributed by atoms with van der Waals surface area (Å²) in [6.07, 6.45) is 1.81. The van der Waals surface area contributed by atoms with Crippen LogP contribution in [-0.4, -0.2) is 24.0 Å². The van der Waals surface area contributed by atoms with E-state index in [0.29, 0.717) is 12.8 Å². The smallest absolute Gasteiger partial charge is 0.156 e. The van der Waals surface area contributed by atoms with E-state index in [-0.39, 0.29) is 24.0 Å². The first-order chi connectivity index (χ1) is 9.74. The Morgan fingerprint density at radius 2 is 1.71 bits per heavy atom. The van der Waals surface area contributed by atoms with Crippen LogP contribution in [0, 0.1) is 18.6 Å². The molecule has 2 bridgehead atoms. The third-order valence-electron chi connectivity index (χ3n) is 4.86. The van der Waals surface area contributed by atoms with Gasteiger partial charge in [0.05, 0.1) is 16.1 Å². The lowest BCUT2D eigenvalue weighted by Crippen LogP contribution is -2.50. The van der Waals surface area contributed by atoms with Gasteiger partial charge < -0.3 is 5.11 Å². The van der Waals surface area contributed by atoms with Crippen LogP contribution >= 0.6 is 0 Å². The Morgan fingerprint density at radius 1 is 1.14 bits per heavy atom. The summed E-state index contributed by atoms with van der Waals surface area (Å²) in [6, 6.07) is 2.07. The highest BCUT2D eigenvalue weighted by Gasteiger charge is 2.51. The van der Waals surface area contributed by atoms with Gasteiger partial charge >= 0.3 is 0 Å². The molecule has 1 aromatic carbocycles. The SMILES string of the molecule is Cc1cc(C2(O)CC3CCCC(C2)S3(=O)=O)c(F)cc1F. The molecule has 21 heavy (non-hydrogen) atoms. The summed E-state index contributed by atoms with van der Waals surface area (Å²) in [5.41, 5.74) is -1.25. The zero-order valence-corrected chi connectivity index (χ0v) is 12.6. The summed E-state index contributed by atoms with van der Waals surface area (Å²) in [7, 11) is -3.23. The molecule has 0 spiro atoms. The van der Waals surface area contributed by atoms with E-state index in [2.05, 4.69) is 0 Å². The van der Waals surface area contributed by atoms with E-state index in [1.54, 1.807) is 0 Å². The Hall–Kier alpha value is -1.01. The highest BCUT2D eigenvalue weighted by molar-refractivity contribution is 7.92. The van der Waals surface area contributed by atoms with Gasteiger partial charge in [-0.15, -0.1) is 0 Å². The van der Waals surface area contributed by atoms with Crippen LogP contribution in [0.5, 0.6) is 0 Å². The topological polar surface area (TPSA) is 54.4 Å². The van der Waals surface area contributed by atoms with Gasteiger partial charge in [0.25, 0.3) is 0 Å². The number of hydrogen-bond acceptors (Lipinski definition) is 3. The van der Waals surface area contributed by atoms with Gasteiger partial charge in [-0.25, -0.2) is 17.2 Å². The molecule has 2 aliphatic rings. The standard InChI is InChI=1S/C15H18F2O3S/c1-9-5-12(14(17)6-13(9)16)15(18)7-10-3-2-4-11(8-15)21(10,19)20/h5-6,10-11,18H,2-4,7-8H2,1H3. The van der Waals surface area contributed by atoms with Gasteiger partial charge in [0, 0.05) is 11.6 Å². The minimum atomic E-state index is -3.23. The average molecular weight is 316 g/mol. The van der Waals surface area contributed by atoms with E-state index in [0.717, 1.165) is 12.5 Å². The summed E-state index contributed by atoms with van der Waals surface area (Å²) in [4.78, 5) is 0. The Bertz CT molecular complexity index is 664. The molecule has 2 unspecified atom stereocenters. The number of sulfone groups is 1. The van der Waals surface area contributed by atoms with Crippen molar-refractivity contribution in [3.8, 4) is 0 Å². The lowest BCUT2D eigenvalue weighted by atomic mass is 9.80. The van der Waals surface area contributed by atoms with E-state index in [1.807, 2.05) is 0 Å². The maximum atomic E-state index is 14.1. The molecule has 6 heteroatoms. The maximum Gasteiger partial charge on any atom is 0.156 e. The van der Waals surface area contributed by atoms with Crippen molar-refractivity contribution in [1.82, 2.24) is 0 Å². The summed E-state index contributed by atoms with van der Waals surface area (Å²) in [5, 5.41) is 9.60. The van der Waals surface area contributed by atoms with Gasteiger partial charge in [0.15, 0.2) is 9.84 Å². The third-order valence-corrected chi connectivity index (χ3v) is 7.53. The first-order valence-electron chi connectivity index (χ1n) is 7.15. The molecule has 0 aliphatic carbocycles. The van der Waals surface area contributed by atoms with Gasteiger partial charge in [0.1, 0.15) is 11.6 Å². The molecule has 3 rings (SSSR count). The number of aliphatic hydroxyl groups is 1. The summed E-state index contributed by atoms with van der Waals surface area (Å²) >= 11 is 0. The van der Waals surface area contributed by atoms with E-state index >= 15 is 0 Å². The van der Waals surface area contributed by atoms with Crippen LogP contribution in [0.1, 0.15) is 43.2 Å². The molecule has 1 aromatic rings. The van der Waals surface area contributed by atoms with Gasteiger partial charge in [0.2, 0.25) is 0 Å². The number of fused-ring (bicyclic) bond motifs is 2. The normalized spacial score (nSPS) is 34.7. The molecule has 116 valence electrons. The Labute approximate surface area is 122 Å². The largest absolute Gasteiger partial charge is 0.385 e. The number of rotatable bonds is 1. The van der Waals surface area contributed by atoms with E-state index in [9.17, 15) is 22.3 Å². The fourth-order valence-electron chi connectivity index (χ4n) is 3.68. The highest BCUT2D eigenvalue weighted by Crippen LogP contribution is 2.46. The number of aryl methyl sites for hydroxylation is 1. The number of hydrogen-bond donors (Lipinski definition) is 1. The van der Waals surface area contributed by atoms with Crippen molar-refractivity contribution in [1.29, 1.82) is 0 Å². The zero-order valence-electron chi connectivity index (χ0n) is 11.8. The molecule has 0 radical (unpaired) electrons. The van der Waals surface area contributed by atoms with Crippen LogP contribution in [0.25, 0.3) is 0 Å². The zero-order chi connectivity index (χ0) is 15.4. The minimum absolute atomic E-state index is 0.00613. The summed E-state index contributed by atoms with van der Waals surface area (Å²) in [5.74, 6) is -1.47. The molecule has 2 aliphatic heterocycles. The van der Waals surface area contributed by atoms with Crippen LogP contribution in [0.15, 0.2) is 12.1 Å². The van der Waals surface area contributed by atoms with Crippen molar-refractivity contribution in [2.75, 3.05) is 0 Å². The predicted molar refractivity (Wildman–Crippen MR) is 74.6 cm³/mol. The molecular formula is C15H18F2O3S. The molecule has 2 atom stereocenters. The Balaban J connectivity index is 2.05. The second-order valence-corrected chi connectivity index (χ2v) is 8.80. The fourth-order valence-corrected chi connectivity index (χ4v) is 6.23. The van der Waals surface area contributed by atoms with Gasteiger partial charge in [-0.05, 0) is 44.2 Å². The first-order valence-corrected chi connectivity index (χ1v) is 8.76. The van der Waals surface area contributed by atoms with E-state index < -0.39 is 37.6 Å². The summed E-state index contributed by atoms with van der Waals surface area (Å²) < 4.78 is 52.0. The lowest BCUT2D eigenvalue weighted by molar-refractivity contribution is 0.00172. The van der Waals surface area contributed by atoms with E-state index in [4.69, 9.17) is 0 Å². The highest BCUT2D eigenvalue weighted by atomic mass is 32.2. The van der Waals surface area contributed by atoms with Gasteiger partial charge in [-0.1, -0.05) is 6.42 Å². The molecule has 0 aromatic heterocycles. The fraction of sp³-hybridized carbons (Fsp3) is 0.600. The number of benzene rings is 1. The third kappa shape index (κ3) is 2.28. The quantitative estimate of drug-likeness (QED) is 0.866. The Kier molecular flexibility index (Phi) is 3.37. The summed E-state index contributed by atoms with van der Waals surface area (Å²) in [6.45, 7) is 1.50. The molecule has 0 amide bonds. The van der Waals surface area contributed by atoms with Crippen LogP contribution < -0.4 is 0 Å². The molecule has 3 nitrogen and oxygen atoms in total. The lowest BCUT2D eigenvalue weighted by Gasteiger charge is -2.44. The van der Waals surface area contributed by atoms with Crippen LogP contribution in [0.2, 0.25) is 0 Å². The van der Waals surface area contributed by atoms with Gasteiger partial charge in [-0.2, -0.15) is 0 Å². The molecule has 1 N–H and O–H groups in total. The molecular weight excluding hydrogens is 298 g/mol. The Morgan fingerprint density at radius 3 is 2.29 bits per heavy atom. The maximum absolute atomic E-state index is 14.1. The van der Waals surface area contributed by atoms with Crippen LogP contribution in [0.3, 0.4) is 0 Å².